The van der Waals surface area contributed by atoms with Crippen molar-refractivity contribution in [2.24, 2.45) is 5.41 Å². The Bertz CT molecular complexity index is 496. The molecule has 1 aromatic rings. The Kier molecular flexibility index (Phi) is 4.93. The Morgan fingerprint density at radius 1 is 1.36 bits per heavy atom. The van der Waals surface area contributed by atoms with Gasteiger partial charge >= 0.3 is 0 Å². The minimum Gasteiger partial charge on any atom is -0.396 e. The van der Waals surface area contributed by atoms with Crippen LogP contribution in [0.1, 0.15) is 62.6 Å². The van der Waals surface area contributed by atoms with Gasteiger partial charge in [0.1, 0.15) is 0 Å². The quantitative estimate of drug-likeness (QED) is 0.819. The Morgan fingerprint density at radius 3 is 2.91 bits per heavy atom. The van der Waals surface area contributed by atoms with Crippen molar-refractivity contribution in [1.82, 2.24) is 15.0 Å². The molecule has 0 aromatic carbocycles. The number of piperidine rings is 1. The lowest BCUT2D eigenvalue weighted by molar-refractivity contribution is 0.0295. The van der Waals surface area contributed by atoms with Crippen molar-refractivity contribution in [2.45, 2.75) is 57.4 Å². The van der Waals surface area contributed by atoms with E-state index >= 15 is 0 Å². The maximum absolute atomic E-state index is 9.78. The number of aliphatic hydroxyl groups is 1. The van der Waals surface area contributed by atoms with E-state index in [9.17, 15) is 5.11 Å². The van der Waals surface area contributed by atoms with E-state index in [1.54, 1.807) is 0 Å². The summed E-state index contributed by atoms with van der Waals surface area (Å²) in [6.45, 7) is 6.68. The van der Waals surface area contributed by atoms with Gasteiger partial charge in [-0.25, -0.2) is 0 Å². The van der Waals surface area contributed by atoms with Crippen molar-refractivity contribution < 1.29 is 9.63 Å². The average molecular weight is 305 g/mol. The van der Waals surface area contributed by atoms with Crippen molar-refractivity contribution in [1.29, 1.82) is 0 Å². The third-order valence-electron chi connectivity index (χ3n) is 5.21. The second kappa shape index (κ2) is 6.92. The van der Waals surface area contributed by atoms with Gasteiger partial charge in [-0.05, 0) is 38.6 Å². The van der Waals surface area contributed by atoms with E-state index in [0.29, 0.717) is 5.92 Å². The number of hydrogen-bond acceptors (Lipinski definition) is 5. The first-order chi connectivity index (χ1) is 10.7. The van der Waals surface area contributed by atoms with Crippen LogP contribution in [0.3, 0.4) is 0 Å². The van der Waals surface area contributed by atoms with Crippen molar-refractivity contribution in [3.05, 3.63) is 24.4 Å². The van der Waals surface area contributed by atoms with Crippen LogP contribution in [-0.2, 0) is 6.54 Å². The molecule has 1 aliphatic heterocycles. The average Bonchev–Trinajstić information content (AvgIpc) is 3.19. The van der Waals surface area contributed by atoms with E-state index in [2.05, 4.69) is 21.6 Å². The Hall–Kier alpha value is -1.20. The standard InChI is InChI=1S/C17H27N3O2/c1-2-8-17(13-21)9-5-10-20(12-17)11-15-18-16(22-19-15)14-6-3-4-7-14/h2,14,21H,1,3-13H2/t17-/m0/s1. The van der Waals surface area contributed by atoms with Crippen molar-refractivity contribution in [3.63, 3.8) is 0 Å². The normalized spacial score (nSPS) is 27.3. The van der Waals surface area contributed by atoms with Crippen LogP contribution in [0, 0.1) is 5.41 Å². The largest absolute Gasteiger partial charge is 0.396 e. The molecule has 2 aliphatic rings. The molecule has 1 N–H and O–H groups in total. The van der Waals surface area contributed by atoms with E-state index in [-0.39, 0.29) is 12.0 Å². The monoisotopic (exact) mass is 305 g/mol. The summed E-state index contributed by atoms with van der Waals surface area (Å²) in [4.78, 5) is 6.94. The molecule has 2 heterocycles. The minimum absolute atomic E-state index is 0.0436. The number of aliphatic hydroxyl groups excluding tert-OH is 1. The Balaban J connectivity index is 1.61. The topological polar surface area (TPSA) is 62.4 Å². The van der Waals surface area contributed by atoms with Gasteiger partial charge in [-0.2, -0.15) is 4.98 Å². The zero-order chi connectivity index (χ0) is 15.4. The van der Waals surface area contributed by atoms with Crippen LogP contribution in [-0.4, -0.2) is 39.8 Å². The highest BCUT2D eigenvalue weighted by Crippen LogP contribution is 2.35. The van der Waals surface area contributed by atoms with Crippen LogP contribution in [0.15, 0.2) is 17.2 Å². The van der Waals surface area contributed by atoms with E-state index in [4.69, 9.17) is 4.52 Å². The van der Waals surface area contributed by atoms with Crippen LogP contribution < -0.4 is 0 Å². The van der Waals surface area contributed by atoms with Crippen LogP contribution in [0.4, 0.5) is 0 Å². The minimum atomic E-state index is -0.0436. The summed E-state index contributed by atoms with van der Waals surface area (Å²) >= 11 is 0. The Labute approximate surface area is 132 Å². The lowest BCUT2D eigenvalue weighted by Crippen LogP contribution is -2.44. The first-order valence-corrected chi connectivity index (χ1v) is 8.51. The van der Waals surface area contributed by atoms with Gasteiger partial charge in [0.25, 0.3) is 0 Å². The van der Waals surface area contributed by atoms with E-state index in [0.717, 1.165) is 50.6 Å². The zero-order valence-electron chi connectivity index (χ0n) is 13.3. The molecule has 1 atom stereocenters. The third kappa shape index (κ3) is 3.41. The van der Waals surface area contributed by atoms with Crippen LogP contribution >= 0.6 is 0 Å². The molecule has 1 saturated carbocycles. The fourth-order valence-electron chi connectivity index (χ4n) is 3.98. The predicted octanol–water partition coefficient (Wildman–Crippen LogP) is 2.88. The lowest BCUT2D eigenvalue weighted by Gasteiger charge is -2.41. The van der Waals surface area contributed by atoms with Gasteiger partial charge < -0.3 is 9.63 Å². The first-order valence-electron chi connectivity index (χ1n) is 8.51. The van der Waals surface area contributed by atoms with Gasteiger partial charge in [-0.1, -0.05) is 24.1 Å². The highest BCUT2D eigenvalue weighted by Gasteiger charge is 2.34. The first kappa shape index (κ1) is 15.7. The highest BCUT2D eigenvalue weighted by molar-refractivity contribution is 4.98. The molecule has 3 rings (SSSR count). The number of aromatic nitrogens is 2. The molecule has 0 spiro atoms. The molecule has 22 heavy (non-hydrogen) atoms. The summed E-state index contributed by atoms with van der Waals surface area (Å²) in [6, 6.07) is 0. The fraction of sp³-hybridized carbons (Fsp3) is 0.765. The van der Waals surface area contributed by atoms with Crippen molar-refractivity contribution in [2.75, 3.05) is 19.7 Å². The van der Waals surface area contributed by atoms with Crippen LogP contribution in [0.25, 0.3) is 0 Å². The third-order valence-corrected chi connectivity index (χ3v) is 5.21. The van der Waals surface area contributed by atoms with Gasteiger partial charge in [-0.3, -0.25) is 4.90 Å². The maximum atomic E-state index is 9.78. The Morgan fingerprint density at radius 2 is 2.18 bits per heavy atom. The molecule has 0 bridgehead atoms. The molecular weight excluding hydrogens is 278 g/mol. The highest BCUT2D eigenvalue weighted by atomic mass is 16.5. The predicted molar refractivity (Wildman–Crippen MR) is 84.4 cm³/mol. The van der Waals surface area contributed by atoms with E-state index in [1.807, 2.05) is 6.08 Å². The number of rotatable bonds is 6. The number of allylic oxidation sites excluding steroid dienone is 1. The van der Waals surface area contributed by atoms with Crippen molar-refractivity contribution >= 4 is 0 Å². The smallest absolute Gasteiger partial charge is 0.229 e. The summed E-state index contributed by atoms with van der Waals surface area (Å²) < 4.78 is 5.46. The molecule has 0 unspecified atom stereocenters. The molecule has 1 saturated heterocycles. The van der Waals surface area contributed by atoms with Gasteiger partial charge in [0.05, 0.1) is 13.2 Å². The number of nitrogens with zero attached hydrogens (tertiary/aromatic N) is 3. The summed E-state index contributed by atoms with van der Waals surface area (Å²) in [5, 5.41) is 13.9. The lowest BCUT2D eigenvalue weighted by atomic mass is 9.78. The molecule has 1 aromatic heterocycles. The number of hydrogen-bond donors (Lipinski definition) is 1. The molecule has 122 valence electrons. The second-order valence-electron chi connectivity index (χ2n) is 7.00. The SMILES string of the molecule is C=CC[C@]1(CO)CCCN(Cc2noc(C3CCCC3)n2)C1. The van der Waals surface area contributed by atoms with Crippen molar-refractivity contribution in [3.8, 4) is 0 Å². The fourth-order valence-corrected chi connectivity index (χ4v) is 3.98. The molecule has 2 fully saturated rings. The number of likely N-dealkylation sites (tertiary alicyclic amines) is 1. The van der Waals surface area contributed by atoms with E-state index in [1.165, 1.54) is 25.7 Å². The maximum Gasteiger partial charge on any atom is 0.229 e. The van der Waals surface area contributed by atoms with Gasteiger partial charge in [0.15, 0.2) is 5.82 Å². The summed E-state index contributed by atoms with van der Waals surface area (Å²) in [5.74, 6) is 2.08. The summed E-state index contributed by atoms with van der Waals surface area (Å²) in [7, 11) is 0. The molecule has 1 aliphatic carbocycles. The van der Waals surface area contributed by atoms with Gasteiger partial charge in [0, 0.05) is 17.9 Å². The second-order valence-corrected chi connectivity index (χ2v) is 7.00. The van der Waals surface area contributed by atoms with Gasteiger partial charge in [0.2, 0.25) is 5.89 Å². The van der Waals surface area contributed by atoms with Crippen LogP contribution in [0.2, 0.25) is 0 Å². The molecule has 0 amide bonds. The zero-order valence-corrected chi connectivity index (χ0v) is 13.3. The van der Waals surface area contributed by atoms with Crippen LogP contribution in [0.5, 0.6) is 0 Å². The summed E-state index contributed by atoms with van der Waals surface area (Å²) in [5.41, 5.74) is -0.0436. The molecular formula is C17H27N3O2. The summed E-state index contributed by atoms with van der Waals surface area (Å²) in [6.07, 6.45) is 9.85. The molecule has 5 nitrogen and oxygen atoms in total. The molecule has 5 heteroatoms. The molecule has 0 radical (unpaired) electrons. The van der Waals surface area contributed by atoms with Gasteiger partial charge in [-0.15, -0.1) is 6.58 Å². The van der Waals surface area contributed by atoms with E-state index < -0.39 is 0 Å².